The summed E-state index contributed by atoms with van der Waals surface area (Å²) in [5.41, 5.74) is 6.55. The lowest BCUT2D eigenvalue weighted by atomic mass is 10.1. The Labute approximate surface area is 137 Å². The first-order chi connectivity index (χ1) is 10.9. The van der Waals surface area contributed by atoms with E-state index in [9.17, 15) is 14.3 Å². The molecule has 6 nitrogen and oxygen atoms in total. The van der Waals surface area contributed by atoms with E-state index in [1.165, 1.54) is 22.7 Å². The van der Waals surface area contributed by atoms with Crippen molar-refractivity contribution < 1.29 is 19.4 Å². The van der Waals surface area contributed by atoms with Crippen LogP contribution in [0.15, 0.2) is 17.5 Å². The number of hydrogen-bond acceptors (Lipinski definition) is 7. The number of aryl methyl sites for hydroxylation is 1. The molecule has 0 spiro atoms. The fourth-order valence-corrected chi connectivity index (χ4v) is 3.75. The maximum absolute atomic E-state index is 14.1. The van der Waals surface area contributed by atoms with Gasteiger partial charge in [0.15, 0.2) is 5.13 Å². The number of carboxylic acids is 1. The summed E-state index contributed by atoms with van der Waals surface area (Å²) in [4.78, 5) is 20.1. The topological polar surface area (TPSA) is 109 Å². The fraction of sp³-hybridized carbons (Fsp3) is 0.0714. The summed E-state index contributed by atoms with van der Waals surface area (Å²) >= 11 is 2.46. The highest BCUT2D eigenvalue weighted by molar-refractivity contribution is 7.19. The molecule has 0 aliphatic heterocycles. The van der Waals surface area contributed by atoms with Crippen molar-refractivity contribution in [3.05, 3.63) is 34.6 Å². The number of carboxylic acid groups (broad SMARTS) is 1. The van der Waals surface area contributed by atoms with E-state index in [4.69, 9.17) is 10.8 Å². The average molecular weight is 351 g/mol. The van der Waals surface area contributed by atoms with Crippen LogP contribution in [0.4, 0.5) is 9.52 Å². The van der Waals surface area contributed by atoms with Crippen LogP contribution in [0, 0.1) is 12.7 Å². The van der Waals surface area contributed by atoms with Crippen molar-refractivity contribution in [2.75, 3.05) is 5.73 Å². The van der Waals surface area contributed by atoms with Crippen molar-refractivity contribution in [2.45, 2.75) is 6.92 Å². The second-order valence-electron chi connectivity index (χ2n) is 4.66. The molecule has 0 aliphatic rings. The van der Waals surface area contributed by atoms with Gasteiger partial charge in [-0.1, -0.05) is 11.3 Å². The van der Waals surface area contributed by atoms with E-state index in [-0.39, 0.29) is 5.56 Å². The number of aromatic hydroxyl groups is 1. The first-order valence-electron chi connectivity index (χ1n) is 6.31. The molecule has 2 heterocycles. The second-order valence-corrected chi connectivity index (χ2v) is 6.55. The van der Waals surface area contributed by atoms with Gasteiger partial charge in [-0.2, -0.15) is 0 Å². The molecule has 0 fully saturated rings. The highest BCUT2D eigenvalue weighted by Gasteiger charge is 2.19. The minimum absolute atomic E-state index is 0.0406. The lowest BCUT2D eigenvalue weighted by Crippen LogP contribution is -1.98. The lowest BCUT2D eigenvalue weighted by molar-refractivity contribution is 0.0693. The lowest BCUT2D eigenvalue weighted by Gasteiger charge is -2.04. The van der Waals surface area contributed by atoms with Crippen LogP contribution in [-0.4, -0.2) is 26.2 Å². The molecule has 0 aliphatic carbocycles. The van der Waals surface area contributed by atoms with Crippen LogP contribution in [0.1, 0.15) is 16.1 Å². The molecule has 0 bridgehead atoms. The Morgan fingerprint density at radius 2 is 2.09 bits per heavy atom. The van der Waals surface area contributed by atoms with Crippen LogP contribution in [-0.2, 0) is 0 Å². The Hall–Kier alpha value is -2.52. The Bertz CT molecular complexity index is 920. The van der Waals surface area contributed by atoms with Crippen molar-refractivity contribution >= 4 is 33.8 Å². The monoisotopic (exact) mass is 351 g/mol. The molecule has 0 unspecified atom stereocenters. The molecule has 9 heteroatoms. The summed E-state index contributed by atoms with van der Waals surface area (Å²) in [6.07, 6.45) is 0. The number of thiazole rings is 2. The zero-order chi connectivity index (χ0) is 16.7. The Morgan fingerprint density at radius 3 is 2.70 bits per heavy atom. The quantitative estimate of drug-likeness (QED) is 0.667. The molecule has 2 aromatic heterocycles. The summed E-state index contributed by atoms with van der Waals surface area (Å²) in [5.74, 6) is -2.67. The zero-order valence-electron chi connectivity index (χ0n) is 11.7. The average Bonchev–Trinajstić information content (AvgIpc) is 3.07. The zero-order valence-corrected chi connectivity index (χ0v) is 13.3. The number of benzene rings is 1. The predicted molar refractivity (Wildman–Crippen MR) is 86.4 cm³/mol. The summed E-state index contributed by atoms with van der Waals surface area (Å²) in [7, 11) is 0. The summed E-state index contributed by atoms with van der Waals surface area (Å²) in [6, 6.07) is 1.85. The van der Waals surface area contributed by atoms with Gasteiger partial charge in [-0.15, -0.1) is 11.3 Å². The normalized spacial score (nSPS) is 10.9. The van der Waals surface area contributed by atoms with Gasteiger partial charge in [0, 0.05) is 10.9 Å². The number of aromatic nitrogens is 2. The largest absolute Gasteiger partial charge is 0.507 e. The minimum atomic E-state index is -1.40. The molecule has 1 aromatic carbocycles. The molecular formula is C14H10FN3O3S2. The molecule has 118 valence electrons. The van der Waals surface area contributed by atoms with Gasteiger partial charge in [-0.25, -0.2) is 19.2 Å². The number of nitrogens with zero attached hydrogens (tertiary/aromatic N) is 2. The third-order valence-corrected chi connectivity index (χ3v) is 4.98. The molecule has 3 aromatic rings. The summed E-state index contributed by atoms with van der Waals surface area (Å²) in [6.45, 7) is 1.80. The second kappa shape index (κ2) is 5.60. The Morgan fingerprint density at radius 1 is 1.35 bits per heavy atom. The van der Waals surface area contributed by atoms with Crippen LogP contribution in [0.2, 0.25) is 0 Å². The van der Waals surface area contributed by atoms with Gasteiger partial charge in [0.05, 0.1) is 16.3 Å². The Balaban J connectivity index is 2.06. The van der Waals surface area contributed by atoms with Crippen LogP contribution >= 0.6 is 22.7 Å². The van der Waals surface area contributed by atoms with Gasteiger partial charge in [0.1, 0.15) is 22.1 Å². The van der Waals surface area contributed by atoms with Gasteiger partial charge in [-0.3, -0.25) is 0 Å². The van der Waals surface area contributed by atoms with Gasteiger partial charge < -0.3 is 15.9 Å². The number of hydrogen-bond donors (Lipinski definition) is 3. The Kier molecular flexibility index (Phi) is 3.74. The first-order valence-corrected chi connectivity index (χ1v) is 8.01. The summed E-state index contributed by atoms with van der Waals surface area (Å²) < 4.78 is 14.1. The van der Waals surface area contributed by atoms with Gasteiger partial charge >= 0.3 is 5.97 Å². The molecule has 3 rings (SSSR count). The summed E-state index contributed by atoms with van der Waals surface area (Å²) in [5, 5.41) is 21.1. The number of nitrogen functional groups attached to an aromatic ring is 1. The maximum atomic E-state index is 14.1. The van der Waals surface area contributed by atoms with Crippen molar-refractivity contribution in [3.8, 4) is 26.9 Å². The van der Waals surface area contributed by atoms with E-state index in [0.717, 1.165) is 22.7 Å². The van der Waals surface area contributed by atoms with E-state index < -0.39 is 23.1 Å². The number of carbonyl (C=O) groups is 1. The molecule has 23 heavy (non-hydrogen) atoms. The van der Waals surface area contributed by atoms with Crippen molar-refractivity contribution in [1.29, 1.82) is 0 Å². The van der Waals surface area contributed by atoms with Crippen LogP contribution in [0.5, 0.6) is 5.75 Å². The van der Waals surface area contributed by atoms with Gasteiger partial charge in [0.25, 0.3) is 0 Å². The van der Waals surface area contributed by atoms with E-state index in [0.29, 0.717) is 15.8 Å². The third-order valence-electron chi connectivity index (χ3n) is 3.10. The highest BCUT2D eigenvalue weighted by Crippen LogP contribution is 2.37. The predicted octanol–water partition coefficient (Wildman–Crippen LogP) is 3.37. The van der Waals surface area contributed by atoms with E-state index in [1.54, 1.807) is 12.3 Å². The van der Waals surface area contributed by atoms with Crippen molar-refractivity contribution in [1.82, 2.24) is 9.97 Å². The number of phenols is 1. The number of halogens is 1. The number of nitrogens with two attached hydrogens (primary N) is 1. The number of anilines is 1. The highest BCUT2D eigenvalue weighted by atomic mass is 32.1. The van der Waals surface area contributed by atoms with Gasteiger partial charge in [0.2, 0.25) is 0 Å². The van der Waals surface area contributed by atoms with E-state index in [1.807, 2.05) is 0 Å². The standard InChI is InChI=1S/C14H10FN3O3S2/c1-5-11(23-14(16)17-5)9-4-22-12(18-9)6-3-10(19)7(13(20)21)2-8(6)15/h2-4,19H,1H3,(H2,16,17)(H,20,21). The van der Waals surface area contributed by atoms with Crippen LogP contribution in [0.25, 0.3) is 21.1 Å². The van der Waals surface area contributed by atoms with Crippen molar-refractivity contribution in [2.24, 2.45) is 0 Å². The van der Waals surface area contributed by atoms with E-state index >= 15 is 0 Å². The molecule has 0 atom stereocenters. The molecule has 0 saturated heterocycles. The molecule has 0 radical (unpaired) electrons. The first kappa shape index (κ1) is 15.4. The van der Waals surface area contributed by atoms with Crippen LogP contribution < -0.4 is 5.73 Å². The van der Waals surface area contributed by atoms with Crippen molar-refractivity contribution in [3.63, 3.8) is 0 Å². The van der Waals surface area contributed by atoms with Crippen LogP contribution in [0.3, 0.4) is 0 Å². The van der Waals surface area contributed by atoms with Gasteiger partial charge in [-0.05, 0) is 19.1 Å². The molecular weight excluding hydrogens is 341 g/mol. The third kappa shape index (κ3) is 2.76. The number of aromatic carboxylic acids is 1. The molecule has 4 N–H and O–H groups in total. The SMILES string of the molecule is Cc1nc(N)sc1-c1csc(-c2cc(O)c(C(=O)O)cc2F)n1. The number of rotatable bonds is 3. The smallest absolute Gasteiger partial charge is 0.339 e. The fourth-order valence-electron chi connectivity index (χ4n) is 2.05. The maximum Gasteiger partial charge on any atom is 0.339 e. The molecule has 0 saturated carbocycles. The van der Waals surface area contributed by atoms with E-state index in [2.05, 4.69) is 9.97 Å². The minimum Gasteiger partial charge on any atom is -0.507 e. The molecule has 0 amide bonds.